The quantitative estimate of drug-likeness (QED) is 0.322. The summed E-state index contributed by atoms with van der Waals surface area (Å²) in [5.41, 5.74) is 3.00. The molecule has 28 heavy (non-hydrogen) atoms. The molecule has 0 amide bonds. The smallest absolute Gasteiger partial charge is 0.191 e. The molecule has 2 N–H and O–H groups in total. The first-order valence-corrected chi connectivity index (χ1v) is 10.2. The van der Waals surface area contributed by atoms with Crippen LogP contribution >= 0.6 is 24.0 Å². The van der Waals surface area contributed by atoms with Crippen LogP contribution in [0.25, 0.3) is 0 Å². The van der Waals surface area contributed by atoms with Crippen molar-refractivity contribution < 1.29 is 0 Å². The fourth-order valence-electron chi connectivity index (χ4n) is 3.71. The number of benzene rings is 1. The van der Waals surface area contributed by atoms with Crippen LogP contribution in [-0.4, -0.2) is 28.6 Å². The first-order valence-electron chi connectivity index (χ1n) is 10.2. The lowest BCUT2D eigenvalue weighted by atomic mass is 9.67. The molecule has 1 heterocycles. The minimum Gasteiger partial charge on any atom is -0.357 e. The van der Waals surface area contributed by atoms with Crippen LogP contribution in [0, 0.1) is 12.3 Å². The number of guanidine groups is 1. The molecule has 1 fully saturated rings. The first-order chi connectivity index (χ1) is 13.1. The van der Waals surface area contributed by atoms with Crippen molar-refractivity contribution >= 4 is 29.9 Å². The molecule has 6 heteroatoms. The van der Waals surface area contributed by atoms with Crippen molar-refractivity contribution in [2.45, 2.75) is 59.5 Å². The lowest BCUT2D eigenvalue weighted by Crippen LogP contribution is -2.46. The van der Waals surface area contributed by atoms with Gasteiger partial charge >= 0.3 is 0 Å². The third-order valence-electron chi connectivity index (χ3n) is 5.83. The van der Waals surface area contributed by atoms with E-state index in [9.17, 15) is 0 Å². The van der Waals surface area contributed by atoms with Gasteiger partial charge in [-0.3, -0.25) is 0 Å². The zero-order valence-corrected chi connectivity index (χ0v) is 19.7. The Bertz CT molecular complexity index is 758. The van der Waals surface area contributed by atoms with Crippen LogP contribution in [0.3, 0.4) is 0 Å². The summed E-state index contributed by atoms with van der Waals surface area (Å²) in [6.07, 6.45) is 9.17. The zero-order valence-electron chi connectivity index (χ0n) is 17.4. The second-order valence-corrected chi connectivity index (χ2v) is 7.68. The van der Waals surface area contributed by atoms with Gasteiger partial charge in [0.1, 0.15) is 5.82 Å². The normalized spacial score (nSPS) is 15.5. The highest BCUT2D eigenvalue weighted by atomic mass is 127. The molecule has 0 spiro atoms. The largest absolute Gasteiger partial charge is 0.357 e. The number of aromatic nitrogens is 2. The van der Waals surface area contributed by atoms with Gasteiger partial charge in [0.2, 0.25) is 0 Å². The molecule has 2 aromatic rings. The summed E-state index contributed by atoms with van der Waals surface area (Å²) in [6.45, 7) is 9.89. The van der Waals surface area contributed by atoms with Crippen LogP contribution in [0.4, 0.5) is 0 Å². The Balaban J connectivity index is 0.00000280. The van der Waals surface area contributed by atoms with E-state index in [2.05, 4.69) is 58.3 Å². The number of aliphatic imine (C=N–C) groups is 1. The lowest BCUT2D eigenvalue weighted by molar-refractivity contribution is 0.131. The predicted molar refractivity (Wildman–Crippen MR) is 127 cm³/mol. The average molecular weight is 495 g/mol. The molecular weight excluding hydrogens is 461 g/mol. The zero-order chi connectivity index (χ0) is 19.1. The third-order valence-corrected chi connectivity index (χ3v) is 5.83. The maximum Gasteiger partial charge on any atom is 0.191 e. The van der Waals surface area contributed by atoms with Crippen molar-refractivity contribution in [1.82, 2.24) is 20.2 Å². The van der Waals surface area contributed by atoms with E-state index in [1.807, 2.05) is 19.3 Å². The fraction of sp³-hybridized carbons (Fsp3) is 0.545. The molecule has 1 aromatic heterocycles. The molecule has 0 atom stereocenters. The van der Waals surface area contributed by atoms with Crippen molar-refractivity contribution in [3.63, 3.8) is 0 Å². The van der Waals surface area contributed by atoms with Gasteiger partial charge in [0.15, 0.2) is 5.96 Å². The van der Waals surface area contributed by atoms with Crippen LogP contribution in [0.15, 0.2) is 41.7 Å². The molecule has 0 unspecified atom stereocenters. The van der Waals surface area contributed by atoms with Crippen LogP contribution < -0.4 is 10.6 Å². The molecule has 0 saturated heterocycles. The summed E-state index contributed by atoms with van der Waals surface area (Å²) in [6, 6.07) is 8.67. The van der Waals surface area contributed by atoms with Gasteiger partial charge in [-0.05, 0) is 49.7 Å². The molecule has 1 aromatic carbocycles. The molecule has 154 valence electrons. The van der Waals surface area contributed by atoms with E-state index in [1.54, 1.807) is 0 Å². The van der Waals surface area contributed by atoms with Crippen LogP contribution in [-0.2, 0) is 13.1 Å². The van der Waals surface area contributed by atoms with E-state index in [1.165, 1.54) is 36.8 Å². The number of imidazole rings is 1. The van der Waals surface area contributed by atoms with Crippen molar-refractivity contribution in [3.05, 3.63) is 53.6 Å². The van der Waals surface area contributed by atoms with E-state index in [-0.39, 0.29) is 24.0 Å². The molecular formula is C22H34IN5. The Morgan fingerprint density at radius 2 is 2.00 bits per heavy atom. The number of aryl methyl sites for hydroxylation is 1. The van der Waals surface area contributed by atoms with Gasteiger partial charge in [-0.15, -0.1) is 24.0 Å². The van der Waals surface area contributed by atoms with Gasteiger partial charge in [-0.25, -0.2) is 9.98 Å². The standard InChI is InChI=1S/C22H33N5.HI/c1-4-22(10-7-11-22)17-26-21(23-5-2)25-15-19-8-6-9-20(14-19)16-27-13-12-24-18(27)3;/h6,8-9,12-14H,4-5,7,10-11,15-17H2,1-3H3,(H2,23,25,26);1H. The SMILES string of the molecule is CCNC(=NCc1cccc(Cn2ccnc2C)c1)NCC1(CC)CCC1.I. The molecule has 0 radical (unpaired) electrons. The number of nitrogens with one attached hydrogen (secondary N) is 2. The van der Waals surface area contributed by atoms with Crippen molar-refractivity contribution in [1.29, 1.82) is 0 Å². The molecule has 0 bridgehead atoms. The lowest BCUT2D eigenvalue weighted by Gasteiger charge is -2.41. The molecule has 1 aliphatic carbocycles. The number of hydrogen-bond acceptors (Lipinski definition) is 2. The summed E-state index contributed by atoms with van der Waals surface area (Å²) in [5, 5.41) is 6.95. The Labute approximate surface area is 186 Å². The average Bonchev–Trinajstić information content (AvgIpc) is 3.04. The van der Waals surface area contributed by atoms with Gasteiger partial charge < -0.3 is 15.2 Å². The fourth-order valence-corrected chi connectivity index (χ4v) is 3.71. The third kappa shape index (κ3) is 5.96. The first kappa shape index (κ1) is 22.7. The molecule has 3 rings (SSSR count). The van der Waals surface area contributed by atoms with Gasteiger partial charge in [0, 0.05) is 32.0 Å². The van der Waals surface area contributed by atoms with Crippen LogP contribution in [0.2, 0.25) is 0 Å². The Morgan fingerprint density at radius 3 is 2.61 bits per heavy atom. The van der Waals surface area contributed by atoms with E-state index in [4.69, 9.17) is 4.99 Å². The summed E-state index contributed by atoms with van der Waals surface area (Å²) in [4.78, 5) is 9.11. The topological polar surface area (TPSA) is 54.2 Å². The highest BCUT2D eigenvalue weighted by molar-refractivity contribution is 14.0. The number of hydrogen-bond donors (Lipinski definition) is 2. The number of nitrogens with zero attached hydrogens (tertiary/aromatic N) is 3. The maximum atomic E-state index is 4.81. The second kappa shape index (κ2) is 10.8. The van der Waals surface area contributed by atoms with E-state index >= 15 is 0 Å². The van der Waals surface area contributed by atoms with Gasteiger partial charge in [-0.1, -0.05) is 37.6 Å². The minimum absolute atomic E-state index is 0. The summed E-state index contributed by atoms with van der Waals surface area (Å²) in [5.74, 6) is 1.96. The van der Waals surface area contributed by atoms with E-state index in [0.29, 0.717) is 12.0 Å². The highest BCUT2D eigenvalue weighted by Gasteiger charge is 2.34. The maximum absolute atomic E-state index is 4.81. The number of halogens is 1. The predicted octanol–water partition coefficient (Wildman–Crippen LogP) is 4.49. The highest BCUT2D eigenvalue weighted by Crippen LogP contribution is 2.42. The van der Waals surface area contributed by atoms with Crippen LogP contribution in [0.5, 0.6) is 0 Å². The van der Waals surface area contributed by atoms with Crippen molar-refractivity contribution in [2.75, 3.05) is 13.1 Å². The summed E-state index contributed by atoms with van der Waals surface area (Å²) >= 11 is 0. The summed E-state index contributed by atoms with van der Waals surface area (Å²) < 4.78 is 2.16. The van der Waals surface area contributed by atoms with Gasteiger partial charge in [-0.2, -0.15) is 0 Å². The van der Waals surface area contributed by atoms with Crippen molar-refractivity contribution in [3.8, 4) is 0 Å². The molecule has 5 nitrogen and oxygen atoms in total. The Morgan fingerprint density at radius 1 is 1.21 bits per heavy atom. The monoisotopic (exact) mass is 495 g/mol. The van der Waals surface area contributed by atoms with Gasteiger partial charge in [0.25, 0.3) is 0 Å². The molecule has 1 aliphatic rings. The van der Waals surface area contributed by atoms with Crippen LogP contribution in [0.1, 0.15) is 56.5 Å². The number of rotatable bonds is 8. The molecule has 1 saturated carbocycles. The Kier molecular flexibility index (Phi) is 8.79. The van der Waals surface area contributed by atoms with Crippen molar-refractivity contribution in [2.24, 2.45) is 10.4 Å². The van der Waals surface area contributed by atoms with E-state index < -0.39 is 0 Å². The molecule has 0 aliphatic heterocycles. The van der Waals surface area contributed by atoms with Gasteiger partial charge in [0.05, 0.1) is 6.54 Å². The second-order valence-electron chi connectivity index (χ2n) is 7.68. The minimum atomic E-state index is 0. The summed E-state index contributed by atoms with van der Waals surface area (Å²) in [7, 11) is 0. The van der Waals surface area contributed by atoms with E-state index in [0.717, 1.165) is 31.4 Å². The Hall–Kier alpha value is -1.57.